The summed E-state index contributed by atoms with van der Waals surface area (Å²) in [6, 6.07) is 1.64. The topological polar surface area (TPSA) is 53.3 Å². The first kappa shape index (κ1) is 10.9. The number of alkyl halides is 2. The molecule has 0 N–H and O–H groups in total. The number of nitriles is 1. The molecule has 1 aliphatic heterocycles. The second-order valence-electron chi connectivity index (χ2n) is 3.06. The molecule has 1 rings (SSSR count). The van der Waals surface area contributed by atoms with Gasteiger partial charge in [-0.25, -0.2) is 8.78 Å². The standard InChI is InChI=1S/C8H10F2N2O2/c9-8(10)5-12(3-4-14-6-8)7(13)1-2-11/h1,3-6H2. The van der Waals surface area contributed by atoms with Crippen molar-refractivity contribution in [3.63, 3.8) is 0 Å². The molecule has 0 aromatic rings. The van der Waals surface area contributed by atoms with Crippen LogP contribution < -0.4 is 0 Å². The Morgan fingerprint density at radius 3 is 3.00 bits per heavy atom. The van der Waals surface area contributed by atoms with E-state index >= 15 is 0 Å². The van der Waals surface area contributed by atoms with Gasteiger partial charge in [0.15, 0.2) is 0 Å². The second kappa shape index (κ2) is 4.33. The van der Waals surface area contributed by atoms with E-state index < -0.39 is 25.0 Å². The third kappa shape index (κ3) is 2.92. The molecule has 4 nitrogen and oxygen atoms in total. The van der Waals surface area contributed by atoms with E-state index in [1.807, 2.05) is 0 Å². The highest BCUT2D eigenvalue weighted by Gasteiger charge is 2.35. The molecule has 6 heteroatoms. The Balaban J connectivity index is 2.60. The lowest BCUT2D eigenvalue weighted by molar-refractivity contribution is -0.134. The summed E-state index contributed by atoms with van der Waals surface area (Å²) < 4.78 is 30.5. The molecule has 0 radical (unpaired) electrons. The minimum atomic E-state index is -3.01. The smallest absolute Gasteiger partial charge is 0.288 e. The van der Waals surface area contributed by atoms with E-state index in [0.717, 1.165) is 4.90 Å². The van der Waals surface area contributed by atoms with Crippen molar-refractivity contribution in [2.45, 2.75) is 12.3 Å². The number of ether oxygens (including phenoxy) is 1. The van der Waals surface area contributed by atoms with Gasteiger partial charge in [0.2, 0.25) is 5.91 Å². The van der Waals surface area contributed by atoms with Crippen LogP contribution in [0.25, 0.3) is 0 Å². The van der Waals surface area contributed by atoms with Crippen LogP contribution in [-0.2, 0) is 9.53 Å². The van der Waals surface area contributed by atoms with Crippen molar-refractivity contribution in [1.29, 1.82) is 5.26 Å². The van der Waals surface area contributed by atoms with Crippen LogP contribution in [0.2, 0.25) is 0 Å². The number of carbonyl (C=O) groups is 1. The zero-order valence-corrected chi connectivity index (χ0v) is 7.50. The van der Waals surface area contributed by atoms with E-state index in [4.69, 9.17) is 5.26 Å². The third-order valence-electron chi connectivity index (χ3n) is 1.82. The zero-order chi connectivity index (χ0) is 10.6. The van der Waals surface area contributed by atoms with Crippen LogP contribution >= 0.6 is 0 Å². The van der Waals surface area contributed by atoms with E-state index in [-0.39, 0.29) is 19.6 Å². The second-order valence-corrected chi connectivity index (χ2v) is 3.06. The molecule has 0 atom stereocenters. The van der Waals surface area contributed by atoms with Crippen LogP contribution in [0.1, 0.15) is 6.42 Å². The van der Waals surface area contributed by atoms with Crippen molar-refractivity contribution in [2.24, 2.45) is 0 Å². The maximum Gasteiger partial charge on any atom is 0.288 e. The Hall–Kier alpha value is -1.22. The van der Waals surface area contributed by atoms with Crippen LogP contribution in [0.15, 0.2) is 0 Å². The first-order chi connectivity index (χ1) is 6.55. The first-order valence-corrected chi connectivity index (χ1v) is 4.15. The van der Waals surface area contributed by atoms with Crippen molar-refractivity contribution >= 4 is 5.91 Å². The Bertz CT molecular complexity index is 263. The lowest BCUT2D eigenvalue weighted by Gasteiger charge is -2.21. The Morgan fingerprint density at radius 1 is 1.64 bits per heavy atom. The molecule has 0 aromatic carbocycles. The average Bonchev–Trinajstić information content (AvgIpc) is 2.27. The van der Waals surface area contributed by atoms with Crippen molar-refractivity contribution in [3.05, 3.63) is 0 Å². The number of carbonyl (C=O) groups excluding carboxylic acids is 1. The minimum Gasteiger partial charge on any atom is -0.373 e. The molecule has 1 fully saturated rings. The molecule has 1 saturated heterocycles. The van der Waals surface area contributed by atoms with Crippen molar-refractivity contribution in [2.75, 3.05) is 26.3 Å². The first-order valence-electron chi connectivity index (χ1n) is 4.15. The van der Waals surface area contributed by atoms with Crippen molar-refractivity contribution in [3.8, 4) is 6.07 Å². The van der Waals surface area contributed by atoms with Crippen LogP contribution in [-0.4, -0.2) is 43.0 Å². The molecular weight excluding hydrogens is 194 g/mol. The van der Waals surface area contributed by atoms with Crippen LogP contribution in [0.5, 0.6) is 0 Å². The summed E-state index contributed by atoms with van der Waals surface area (Å²) in [5, 5.41) is 8.25. The average molecular weight is 204 g/mol. The highest BCUT2D eigenvalue weighted by Crippen LogP contribution is 2.18. The number of nitrogens with zero attached hydrogens (tertiary/aromatic N) is 2. The van der Waals surface area contributed by atoms with Crippen LogP contribution in [0.3, 0.4) is 0 Å². The number of hydrogen-bond acceptors (Lipinski definition) is 3. The van der Waals surface area contributed by atoms with E-state index in [1.54, 1.807) is 6.07 Å². The van der Waals surface area contributed by atoms with E-state index in [1.165, 1.54) is 0 Å². The normalized spacial score (nSPS) is 21.1. The van der Waals surface area contributed by atoms with E-state index in [9.17, 15) is 13.6 Å². The Kier molecular flexibility index (Phi) is 3.36. The maximum atomic E-state index is 12.9. The minimum absolute atomic E-state index is 0.0900. The maximum absolute atomic E-state index is 12.9. The largest absolute Gasteiger partial charge is 0.373 e. The molecule has 0 bridgehead atoms. The number of amides is 1. The van der Waals surface area contributed by atoms with Crippen LogP contribution in [0, 0.1) is 11.3 Å². The summed E-state index contributed by atoms with van der Waals surface area (Å²) in [6.45, 7) is -1.11. The van der Waals surface area contributed by atoms with E-state index in [2.05, 4.69) is 4.74 Å². The Labute approximate surface area is 80.0 Å². The molecule has 1 aliphatic rings. The fraction of sp³-hybridized carbons (Fsp3) is 0.750. The Morgan fingerprint density at radius 2 is 2.36 bits per heavy atom. The summed E-state index contributed by atoms with van der Waals surface area (Å²) >= 11 is 0. The van der Waals surface area contributed by atoms with Gasteiger partial charge < -0.3 is 9.64 Å². The molecule has 1 amide bonds. The van der Waals surface area contributed by atoms with Gasteiger partial charge in [0.25, 0.3) is 5.92 Å². The summed E-state index contributed by atoms with van der Waals surface area (Å²) in [5.41, 5.74) is 0. The summed E-state index contributed by atoms with van der Waals surface area (Å²) in [6.07, 6.45) is -0.365. The van der Waals surface area contributed by atoms with Crippen molar-refractivity contribution in [1.82, 2.24) is 4.90 Å². The highest BCUT2D eigenvalue weighted by atomic mass is 19.3. The van der Waals surface area contributed by atoms with E-state index in [0.29, 0.717) is 0 Å². The molecule has 0 aromatic heterocycles. The number of rotatable bonds is 1. The molecule has 0 aliphatic carbocycles. The van der Waals surface area contributed by atoms with Gasteiger partial charge in [-0.05, 0) is 0 Å². The fourth-order valence-corrected chi connectivity index (χ4v) is 1.19. The third-order valence-corrected chi connectivity index (χ3v) is 1.82. The monoisotopic (exact) mass is 204 g/mol. The van der Waals surface area contributed by atoms with Gasteiger partial charge >= 0.3 is 0 Å². The highest BCUT2D eigenvalue weighted by molar-refractivity contribution is 5.78. The van der Waals surface area contributed by atoms with Gasteiger partial charge in [0, 0.05) is 6.54 Å². The van der Waals surface area contributed by atoms with Crippen LogP contribution in [0.4, 0.5) is 8.78 Å². The van der Waals surface area contributed by atoms with Gasteiger partial charge in [-0.15, -0.1) is 0 Å². The molecular formula is C8H10F2N2O2. The number of halogens is 2. The fourth-order valence-electron chi connectivity index (χ4n) is 1.19. The number of hydrogen-bond donors (Lipinski definition) is 0. The molecule has 78 valence electrons. The molecule has 0 saturated carbocycles. The summed E-state index contributed by atoms with van der Waals surface area (Å²) in [5.74, 6) is -3.58. The lowest BCUT2D eigenvalue weighted by Crippen LogP contribution is -2.40. The summed E-state index contributed by atoms with van der Waals surface area (Å²) in [4.78, 5) is 12.1. The summed E-state index contributed by atoms with van der Waals surface area (Å²) in [7, 11) is 0. The molecule has 14 heavy (non-hydrogen) atoms. The molecule has 0 unspecified atom stereocenters. The quantitative estimate of drug-likeness (QED) is 0.621. The van der Waals surface area contributed by atoms with Gasteiger partial charge in [0.1, 0.15) is 13.0 Å². The van der Waals surface area contributed by atoms with Gasteiger partial charge in [0.05, 0.1) is 19.2 Å². The van der Waals surface area contributed by atoms with Gasteiger partial charge in [-0.2, -0.15) is 5.26 Å². The van der Waals surface area contributed by atoms with Gasteiger partial charge in [-0.3, -0.25) is 4.79 Å². The predicted octanol–water partition coefficient (Wildman–Crippen LogP) is 0.394. The molecule has 1 heterocycles. The van der Waals surface area contributed by atoms with Gasteiger partial charge in [-0.1, -0.05) is 0 Å². The van der Waals surface area contributed by atoms with Crippen molar-refractivity contribution < 1.29 is 18.3 Å². The lowest BCUT2D eigenvalue weighted by atomic mass is 10.3. The predicted molar refractivity (Wildman–Crippen MR) is 42.6 cm³/mol. The molecule has 0 spiro atoms. The SMILES string of the molecule is N#CCC(=O)N1CCOCC(F)(F)C1. The zero-order valence-electron chi connectivity index (χ0n) is 7.50.